The van der Waals surface area contributed by atoms with Crippen molar-refractivity contribution in [2.75, 3.05) is 10.2 Å². The molecular formula is C29H33F4N5O5. The van der Waals surface area contributed by atoms with Gasteiger partial charge in [0, 0.05) is 18.0 Å². The van der Waals surface area contributed by atoms with Crippen LogP contribution in [0.15, 0.2) is 60.8 Å². The van der Waals surface area contributed by atoms with E-state index in [9.17, 15) is 31.9 Å². The van der Waals surface area contributed by atoms with Crippen LogP contribution in [0.4, 0.5) is 44.6 Å². The van der Waals surface area contributed by atoms with Crippen LogP contribution < -0.4 is 16.0 Å². The molecule has 0 aliphatic heterocycles. The zero-order chi connectivity index (χ0) is 32.6. The van der Waals surface area contributed by atoms with E-state index >= 15 is 0 Å². The molecule has 0 aliphatic carbocycles. The summed E-state index contributed by atoms with van der Waals surface area (Å²) < 4.78 is 61.5. The monoisotopic (exact) mass is 607 g/mol. The molecule has 0 bridgehead atoms. The Hall–Kier alpha value is -4.75. The first-order valence-electron chi connectivity index (χ1n) is 12.8. The number of hydrogen-bond acceptors (Lipinski definition) is 8. The van der Waals surface area contributed by atoms with E-state index in [0.29, 0.717) is 10.5 Å². The van der Waals surface area contributed by atoms with E-state index < -0.39 is 41.0 Å². The number of carbonyl (C=O) groups excluding carboxylic acids is 3. The van der Waals surface area contributed by atoms with Gasteiger partial charge in [0.15, 0.2) is 5.82 Å². The van der Waals surface area contributed by atoms with Crippen molar-refractivity contribution in [3.05, 3.63) is 77.7 Å². The summed E-state index contributed by atoms with van der Waals surface area (Å²) in [5.74, 6) is -1.10. The topological polar surface area (TPSA) is 137 Å². The Balaban J connectivity index is 0.000000490. The first-order valence-corrected chi connectivity index (χ1v) is 12.8. The quantitative estimate of drug-likeness (QED) is 0.303. The summed E-state index contributed by atoms with van der Waals surface area (Å²) in [5, 5.41) is 2.73. The van der Waals surface area contributed by atoms with Crippen molar-refractivity contribution in [3.8, 4) is 0 Å². The number of nitrogens with two attached hydrogens (primary N) is 1. The van der Waals surface area contributed by atoms with Crippen LogP contribution in [0.2, 0.25) is 0 Å². The number of nitrogens with zero attached hydrogens (tertiary/aromatic N) is 3. The van der Waals surface area contributed by atoms with Crippen molar-refractivity contribution in [1.29, 1.82) is 0 Å². The highest BCUT2D eigenvalue weighted by atomic mass is 19.4. The summed E-state index contributed by atoms with van der Waals surface area (Å²) in [6.07, 6.45) is -5.24. The average molecular weight is 608 g/mol. The van der Waals surface area contributed by atoms with Crippen LogP contribution in [0.1, 0.15) is 52.7 Å². The Bertz CT molecular complexity index is 1390. The van der Waals surface area contributed by atoms with Crippen LogP contribution >= 0.6 is 0 Å². The molecule has 3 N–H and O–H groups in total. The summed E-state index contributed by atoms with van der Waals surface area (Å²) in [4.78, 5) is 44.5. The lowest BCUT2D eigenvalue weighted by molar-refractivity contribution is -0.137. The first-order chi connectivity index (χ1) is 19.7. The second-order valence-corrected chi connectivity index (χ2v) is 11.0. The lowest BCUT2D eigenvalue weighted by Crippen LogP contribution is -2.44. The maximum Gasteiger partial charge on any atom is 0.425 e. The van der Waals surface area contributed by atoms with Gasteiger partial charge in [-0.25, -0.2) is 19.0 Å². The molecule has 43 heavy (non-hydrogen) atoms. The molecule has 10 nitrogen and oxygen atoms in total. The number of imide groups is 1. The molecule has 0 aliphatic rings. The highest BCUT2D eigenvalue weighted by Crippen LogP contribution is 2.30. The summed E-state index contributed by atoms with van der Waals surface area (Å²) in [5.41, 5.74) is 2.91. The van der Waals surface area contributed by atoms with E-state index in [-0.39, 0.29) is 29.7 Å². The maximum atomic E-state index is 12.7. The second-order valence-electron chi connectivity index (χ2n) is 11.0. The molecule has 1 aromatic heterocycles. The zero-order valence-corrected chi connectivity index (χ0v) is 24.5. The Kier molecular flexibility index (Phi) is 11.2. The minimum absolute atomic E-state index is 0.0350. The predicted molar refractivity (Wildman–Crippen MR) is 151 cm³/mol. The van der Waals surface area contributed by atoms with Gasteiger partial charge in [-0.05, 0) is 77.4 Å². The van der Waals surface area contributed by atoms with E-state index in [0.717, 1.165) is 12.1 Å². The highest BCUT2D eigenvalue weighted by molar-refractivity contribution is 6.08. The third kappa shape index (κ3) is 11.9. The molecule has 3 aromatic rings. The molecule has 2 aromatic carbocycles. The lowest BCUT2D eigenvalue weighted by atomic mass is 10.1. The summed E-state index contributed by atoms with van der Waals surface area (Å²) in [7, 11) is 0. The van der Waals surface area contributed by atoms with E-state index in [4.69, 9.17) is 15.2 Å². The number of rotatable bonds is 5. The van der Waals surface area contributed by atoms with Gasteiger partial charge in [-0.15, -0.1) is 0 Å². The molecule has 0 radical (unpaired) electrons. The van der Waals surface area contributed by atoms with Gasteiger partial charge in [-0.2, -0.15) is 23.1 Å². The molecule has 14 heteroatoms. The minimum atomic E-state index is -4.46. The third-order valence-corrected chi connectivity index (χ3v) is 4.81. The second kappa shape index (κ2) is 13.9. The van der Waals surface area contributed by atoms with Gasteiger partial charge in [-0.3, -0.25) is 4.79 Å². The Morgan fingerprint density at radius 1 is 0.860 bits per heavy atom. The van der Waals surface area contributed by atoms with Crippen LogP contribution in [0.5, 0.6) is 0 Å². The van der Waals surface area contributed by atoms with Gasteiger partial charge >= 0.3 is 18.4 Å². The number of hydrogen-bond donors (Lipinski definition) is 2. The Morgan fingerprint density at radius 3 is 1.86 bits per heavy atom. The van der Waals surface area contributed by atoms with Crippen LogP contribution in [-0.2, 0) is 26.9 Å². The van der Waals surface area contributed by atoms with Gasteiger partial charge in [-0.1, -0.05) is 18.2 Å². The van der Waals surface area contributed by atoms with Gasteiger partial charge in [0.25, 0.3) is 0 Å². The maximum absolute atomic E-state index is 12.7. The molecule has 0 saturated heterocycles. The van der Waals surface area contributed by atoms with E-state index in [1.165, 1.54) is 30.5 Å². The summed E-state index contributed by atoms with van der Waals surface area (Å²) >= 11 is 0. The molecular weight excluding hydrogens is 574 g/mol. The van der Waals surface area contributed by atoms with Crippen LogP contribution in [-0.4, -0.2) is 39.3 Å². The minimum Gasteiger partial charge on any atom is -0.443 e. The van der Waals surface area contributed by atoms with E-state index in [1.54, 1.807) is 59.7 Å². The fourth-order valence-electron chi connectivity index (χ4n) is 3.11. The van der Waals surface area contributed by atoms with Crippen LogP contribution in [0.3, 0.4) is 0 Å². The zero-order valence-electron chi connectivity index (χ0n) is 24.5. The number of alkyl halides is 3. The number of primary amides is 1. The lowest BCUT2D eigenvalue weighted by Gasteiger charge is -2.28. The van der Waals surface area contributed by atoms with Gasteiger partial charge in [0.1, 0.15) is 17.0 Å². The fourth-order valence-corrected chi connectivity index (χ4v) is 3.11. The molecule has 232 valence electrons. The molecule has 0 atom stereocenters. The number of anilines is 3. The largest absolute Gasteiger partial charge is 0.443 e. The van der Waals surface area contributed by atoms with Crippen molar-refractivity contribution in [3.63, 3.8) is 0 Å². The molecule has 1 heterocycles. The Labute approximate surface area is 246 Å². The molecule has 0 spiro atoms. The van der Waals surface area contributed by atoms with Crippen molar-refractivity contribution in [1.82, 2.24) is 9.97 Å². The number of ether oxygens (including phenoxy) is 2. The number of carbonyl (C=O) groups is 3. The highest BCUT2D eigenvalue weighted by Gasteiger charge is 2.34. The number of aromatic nitrogens is 2. The van der Waals surface area contributed by atoms with Gasteiger partial charge < -0.3 is 20.5 Å². The number of amides is 3. The number of halogens is 4. The van der Waals surface area contributed by atoms with Crippen molar-refractivity contribution < 1.29 is 41.4 Å². The molecule has 3 amide bonds. The van der Waals surface area contributed by atoms with E-state index in [2.05, 4.69) is 15.3 Å². The molecule has 0 unspecified atom stereocenters. The van der Waals surface area contributed by atoms with E-state index in [1.807, 2.05) is 0 Å². The van der Waals surface area contributed by atoms with Crippen LogP contribution in [0.25, 0.3) is 0 Å². The van der Waals surface area contributed by atoms with Crippen molar-refractivity contribution in [2.24, 2.45) is 5.73 Å². The smallest absolute Gasteiger partial charge is 0.425 e. The van der Waals surface area contributed by atoms with Gasteiger partial charge in [0.05, 0.1) is 12.0 Å². The average Bonchev–Trinajstić information content (AvgIpc) is 2.83. The first kappa shape index (κ1) is 34.5. The molecule has 0 fully saturated rings. The fraction of sp³-hybridized carbons (Fsp3) is 0.345. The van der Waals surface area contributed by atoms with Crippen LogP contribution in [0, 0.1) is 5.82 Å². The summed E-state index contributed by atoms with van der Waals surface area (Å²) in [6, 6.07) is 11.6. The van der Waals surface area contributed by atoms with Crippen molar-refractivity contribution >= 4 is 35.5 Å². The summed E-state index contributed by atoms with van der Waals surface area (Å²) in [6.45, 7) is 9.81. The number of nitrogens with one attached hydrogen (secondary N) is 1. The molecule has 3 rings (SSSR count). The predicted octanol–water partition coefficient (Wildman–Crippen LogP) is 6.77. The SMILES string of the molecule is CC(C)(C)OC(=O)N(C(=O)OC(C)(C)C)c1ccnc(Nc2ccc(C(F)(F)F)cc2)n1.NC(=O)Cc1ccccc1F. The Morgan fingerprint density at radius 2 is 1.40 bits per heavy atom. The number of benzene rings is 2. The van der Waals surface area contributed by atoms with Crippen molar-refractivity contribution in [2.45, 2.75) is 65.3 Å². The normalized spacial score (nSPS) is 11.5. The molecule has 0 saturated carbocycles. The standard InChI is InChI=1S/C21H25F3N4O4.C8H8FNO/c1-19(2,3)31-17(29)28(18(30)32-20(4,5)6)15-11-12-25-16(27-15)26-14-9-7-13(8-10-14)21(22,23)24;9-7-4-2-1-3-6(7)5-8(10)11/h7-12H,1-6H3,(H,25,26,27);1-4H,5H2,(H2,10,11). The van der Waals surface area contributed by atoms with Gasteiger partial charge in [0.2, 0.25) is 11.9 Å². The third-order valence-electron chi connectivity index (χ3n) is 4.81.